The van der Waals surface area contributed by atoms with Gasteiger partial charge in [0.15, 0.2) is 0 Å². The lowest BCUT2D eigenvalue weighted by Gasteiger charge is -2.15. The SMILES string of the molecule is O=C1C2=Cc3cc(S(=O)[O-])ccc3C2=CC=C1S(=O)[O-]. The van der Waals surface area contributed by atoms with E-state index in [4.69, 9.17) is 0 Å². The number of hydrogen-bond donors (Lipinski definition) is 0. The second-order valence-corrected chi connectivity index (χ2v) is 6.07. The molecule has 0 heterocycles. The van der Waals surface area contributed by atoms with E-state index in [1.54, 1.807) is 12.1 Å². The minimum atomic E-state index is -2.59. The average Bonchev–Trinajstić information content (AvgIpc) is 2.77. The number of Topliss-reactive ketones (excluding diaryl/α,β-unsaturated/α-hetero) is 1. The van der Waals surface area contributed by atoms with Crippen molar-refractivity contribution in [1.29, 1.82) is 0 Å². The van der Waals surface area contributed by atoms with Crippen molar-refractivity contribution in [3.8, 4) is 0 Å². The summed E-state index contributed by atoms with van der Waals surface area (Å²) in [5.74, 6) is -0.572. The third kappa shape index (κ3) is 1.95. The molecule has 2 unspecified atom stereocenters. The fourth-order valence-corrected chi connectivity index (χ4v) is 3.10. The first-order chi connectivity index (χ1) is 9.49. The van der Waals surface area contributed by atoms with E-state index in [2.05, 4.69) is 0 Å². The van der Waals surface area contributed by atoms with Crippen molar-refractivity contribution in [2.24, 2.45) is 0 Å². The first-order valence-corrected chi connectivity index (χ1v) is 7.65. The maximum absolute atomic E-state index is 12.0. The molecular weight excluding hydrogens is 300 g/mol. The Morgan fingerprint density at radius 1 is 0.950 bits per heavy atom. The van der Waals surface area contributed by atoms with E-state index in [1.165, 1.54) is 24.3 Å². The fraction of sp³-hybridized carbons (Fsp3) is 0. The molecular formula is C13H6O5S2-2. The lowest BCUT2D eigenvalue weighted by Crippen LogP contribution is -2.13. The molecule has 0 spiro atoms. The first-order valence-electron chi connectivity index (χ1n) is 5.51. The maximum atomic E-state index is 12.0. The van der Waals surface area contributed by atoms with Crippen LogP contribution in [0, 0.1) is 0 Å². The van der Waals surface area contributed by atoms with Gasteiger partial charge in [0.05, 0.1) is 4.91 Å². The lowest BCUT2D eigenvalue weighted by molar-refractivity contribution is -0.111. The number of benzene rings is 1. The largest absolute Gasteiger partial charge is 0.768 e. The number of carbonyl (C=O) groups is 1. The molecule has 0 saturated heterocycles. The van der Waals surface area contributed by atoms with Gasteiger partial charge in [-0.05, 0) is 63.1 Å². The van der Waals surface area contributed by atoms with Crippen LogP contribution >= 0.6 is 0 Å². The Kier molecular flexibility index (Phi) is 3.14. The summed E-state index contributed by atoms with van der Waals surface area (Å²) in [5.41, 5.74) is 2.19. The molecule has 7 heteroatoms. The van der Waals surface area contributed by atoms with Crippen LogP contribution in [0.2, 0.25) is 0 Å². The monoisotopic (exact) mass is 306 g/mol. The zero-order valence-electron chi connectivity index (χ0n) is 9.82. The molecule has 0 aliphatic heterocycles. The smallest absolute Gasteiger partial charge is 0.201 e. The summed E-state index contributed by atoms with van der Waals surface area (Å²) in [4.78, 5) is 11.9. The predicted octanol–water partition coefficient (Wildman–Crippen LogP) is 1.05. The normalized spacial score (nSPS) is 19.5. The number of hydrogen-bond acceptors (Lipinski definition) is 5. The van der Waals surface area contributed by atoms with E-state index < -0.39 is 27.9 Å². The van der Waals surface area contributed by atoms with Gasteiger partial charge in [0.2, 0.25) is 5.78 Å². The molecule has 1 aromatic rings. The van der Waals surface area contributed by atoms with Gasteiger partial charge >= 0.3 is 0 Å². The number of allylic oxidation sites excluding steroid dienone is 5. The molecule has 102 valence electrons. The zero-order chi connectivity index (χ0) is 14.4. The highest BCUT2D eigenvalue weighted by atomic mass is 32.2. The molecule has 0 saturated carbocycles. The highest BCUT2D eigenvalue weighted by Crippen LogP contribution is 2.40. The molecule has 0 bridgehead atoms. The molecule has 0 N–H and O–H groups in total. The van der Waals surface area contributed by atoms with Crippen molar-refractivity contribution in [1.82, 2.24) is 0 Å². The van der Waals surface area contributed by atoms with Crippen LogP contribution in [0.3, 0.4) is 0 Å². The fourth-order valence-electron chi connectivity index (χ4n) is 2.25. The van der Waals surface area contributed by atoms with Gasteiger partial charge in [-0.15, -0.1) is 0 Å². The van der Waals surface area contributed by atoms with Crippen LogP contribution in [0.4, 0.5) is 0 Å². The van der Waals surface area contributed by atoms with E-state index >= 15 is 0 Å². The summed E-state index contributed by atoms with van der Waals surface area (Å²) in [6.07, 6.45) is 4.32. The van der Waals surface area contributed by atoms with E-state index in [-0.39, 0.29) is 15.4 Å². The van der Waals surface area contributed by atoms with Gasteiger partial charge in [0.25, 0.3) is 0 Å². The molecule has 2 aliphatic rings. The third-order valence-electron chi connectivity index (χ3n) is 3.15. The van der Waals surface area contributed by atoms with Crippen molar-refractivity contribution in [3.05, 3.63) is 52.0 Å². The standard InChI is InChI=1S/C13H8O5S2/c14-13-11-6-7-5-8(19(15)16)1-2-9(7)10(11)3-4-12(13)20(17)18/h1-6H,(H,15,16)(H,17,18)/p-2. The van der Waals surface area contributed by atoms with Crippen molar-refractivity contribution in [2.75, 3.05) is 0 Å². The van der Waals surface area contributed by atoms with Crippen LogP contribution in [0.15, 0.2) is 45.7 Å². The Morgan fingerprint density at radius 3 is 2.35 bits per heavy atom. The zero-order valence-corrected chi connectivity index (χ0v) is 11.5. The van der Waals surface area contributed by atoms with Crippen LogP contribution in [-0.2, 0) is 27.0 Å². The van der Waals surface area contributed by atoms with Crippen LogP contribution in [-0.4, -0.2) is 23.3 Å². The van der Waals surface area contributed by atoms with Crippen LogP contribution < -0.4 is 0 Å². The first kappa shape index (κ1) is 13.3. The quantitative estimate of drug-likeness (QED) is 0.761. The van der Waals surface area contributed by atoms with Gasteiger partial charge in [0.1, 0.15) is 0 Å². The summed E-state index contributed by atoms with van der Waals surface area (Å²) in [6.45, 7) is 0. The summed E-state index contributed by atoms with van der Waals surface area (Å²) in [6, 6.07) is 4.50. The van der Waals surface area contributed by atoms with Crippen LogP contribution in [0.25, 0.3) is 11.6 Å². The highest BCUT2D eigenvalue weighted by Gasteiger charge is 2.28. The molecule has 3 rings (SSSR count). The van der Waals surface area contributed by atoms with Crippen molar-refractivity contribution >= 4 is 39.6 Å². The topological polar surface area (TPSA) is 97.3 Å². The Hall–Kier alpha value is -1.67. The molecule has 20 heavy (non-hydrogen) atoms. The van der Waals surface area contributed by atoms with Crippen molar-refractivity contribution < 1.29 is 22.3 Å². The summed E-state index contributed by atoms with van der Waals surface area (Å²) < 4.78 is 43.7. The third-order valence-corrected chi connectivity index (χ3v) is 4.46. The number of carbonyl (C=O) groups excluding carboxylic acids is 1. The van der Waals surface area contributed by atoms with Gasteiger partial charge in [0, 0.05) is 10.5 Å². The second-order valence-electron chi connectivity index (χ2n) is 4.22. The molecule has 1 aromatic carbocycles. The minimum absolute atomic E-state index is 0.118. The Balaban J connectivity index is 2.14. The van der Waals surface area contributed by atoms with Gasteiger partial charge in [-0.2, -0.15) is 0 Å². The molecule has 0 amide bonds. The number of rotatable bonds is 2. The Morgan fingerprint density at radius 2 is 1.70 bits per heavy atom. The van der Waals surface area contributed by atoms with Crippen molar-refractivity contribution in [3.63, 3.8) is 0 Å². The van der Waals surface area contributed by atoms with E-state index in [0.717, 1.165) is 5.56 Å². The van der Waals surface area contributed by atoms with Gasteiger partial charge < -0.3 is 9.11 Å². The molecule has 2 aliphatic carbocycles. The second kappa shape index (κ2) is 4.71. The van der Waals surface area contributed by atoms with Gasteiger partial charge in [-0.3, -0.25) is 13.2 Å². The average molecular weight is 306 g/mol. The Bertz CT molecular complexity index is 786. The number of fused-ring (bicyclic) bond motifs is 3. The van der Waals surface area contributed by atoms with Gasteiger partial charge in [-0.1, -0.05) is 12.1 Å². The molecule has 5 nitrogen and oxygen atoms in total. The van der Waals surface area contributed by atoms with E-state index in [0.29, 0.717) is 11.1 Å². The molecule has 0 radical (unpaired) electrons. The maximum Gasteiger partial charge on any atom is 0.201 e. The molecule has 0 fully saturated rings. The van der Waals surface area contributed by atoms with Crippen LogP contribution in [0.5, 0.6) is 0 Å². The predicted molar refractivity (Wildman–Crippen MR) is 71.6 cm³/mol. The Labute approximate surface area is 119 Å². The van der Waals surface area contributed by atoms with E-state index in [1.807, 2.05) is 0 Å². The van der Waals surface area contributed by atoms with E-state index in [9.17, 15) is 22.3 Å². The minimum Gasteiger partial charge on any atom is -0.768 e. The lowest BCUT2D eigenvalue weighted by atomic mass is 9.96. The summed E-state index contributed by atoms with van der Waals surface area (Å²) in [5, 5.41) is 0. The molecule has 0 aromatic heterocycles. The molecule has 2 atom stereocenters. The summed E-state index contributed by atoms with van der Waals surface area (Å²) >= 11 is -4.94. The van der Waals surface area contributed by atoms with Crippen molar-refractivity contribution in [2.45, 2.75) is 4.90 Å². The van der Waals surface area contributed by atoms with Gasteiger partial charge in [-0.25, -0.2) is 0 Å². The summed E-state index contributed by atoms with van der Waals surface area (Å²) in [7, 11) is 0. The highest BCUT2D eigenvalue weighted by molar-refractivity contribution is 7.84. The number of ketones is 1. The van der Waals surface area contributed by atoms with Crippen LogP contribution in [0.1, 0.15) is 11.1 Å².